The van der Waals surface area contributed by atoms with Crippen molar-refractivity contribution >= 4 is 27.4 Å². The lowest BCUT2D eigenvalue weighted by molar-refractivity contribution is 0.429. The molecule has 112 valence electrons. The summed E-state index contributed by atoms with van der Waals surface area (Å²) in [6, 6.07) is 6.98. The lowest BCUT2D eigenvalue weighted by atomic mass is 9.96. The number of alkyl halides is 1. The predicted molar refractivity (Wildman–Crippen MR) is 90.1 cm³/mol. The third kappa shape index (κ3) is 2.28. The van der Waals surface area contributed by atoms with E-state index in [-0.39, 0.29) is 0 Å². The van der Waals surface area contributed by atoms with Crippen LogP contribution >= 0.6 is 15.9 Å². The number of hydrogen-bond donors (Lipinski definition) is 0. The van der Waals surface area contributed by atoms with Crippen molar-refractivity contribution in [1.82, 2.24) is 9.38 Å². The van der Waals surface area contributed by atoms with Crippen molar-refractivity contribution in [3.05, 3.63) is 30.1 Å². The van der Waals surface area contributed by atoms with Gasteiger partial charge in [0.2, 0.25) is 0 Å². The third-order valence-electron chi connectivity index (χ3n) is 5.25. The van der Waals surface area contributed by atoms with Gasteiger partial charge in [0, 0.05) is 24.1 Å². The normalized spacial score (nSPS) is 23.5. The number of halogens is 1. The summed E-state index contributed by atoms with van der Waals surface area (Å²) in [5.41, 5.74) is 2.37. The minimum Gasteiger partial charge on any atom is -0.352 e. The van der Waals surface area contributed by atoms with Crippen molar-refractivity contribution in [2.45, 2.75) is 49.9 Å². The van der Waals surface area contributed by atoms with Gasteiger partial charge in [0.25, 0.3) is 0 Å². The third-order valence-corrected chi connectivity index (χ3v) is 5.78. The summed E-state index contributed by atoms with van der Waals surface area (Å²) in [5.74, 6) is 2.10. The van der Waals surface area contributed by atoms with Gasteiger partial charge in [0.05, 0.1) is 5.69 Å². The molecule has 1 saturated heterocycles. The smallest absolute Gasteiger partial charge is 0.152 e. The SMILES string of the molecule is BrCc1c(N2CCCC2C2CCCC2)nc2ccccn12. The highest BCUT2D eigenvalue weighted by atomic mass is 79.9. The fraction of sp³-hybridized carbons (Fsp3) is 0.588. The zero-order chi connectivity index (χ0) is 14.2. The number of hydrogen-bond acceptors (Lipinski definition) is 2. The van der Waals surface area contributed by atoms with Crippen molar-refractivity contribution in [2.75, 3.05) is 11.4 Å². The summed E-state index contributed by atoms with van der Waals surface area (Å²) in [7, 11) is 0. The van der Waals surface area contributed by atoms with Crippen LogP contribution in [-0.4, -0.2) is 22.0 Å². The topological polar surface area (TPSA) is 20.5 Å². The van der Waals surface area contributed by atoms with Crippen LogP contribution in [0.4, 0.5) is 5.82 Å². The number of aromatic nitrogens is 2. The van der Waals surface area contributed by atoms with Gasteiger partial charge in [-0.3, -0.25) is 0 Å². The Morgan fingerprint density at radius 2 is 2.00 bits per heavy atom. The Balaban J connectivity index is 1.74. The Hall–Kier alpha value is -1.03. The van der Waals surface area contributed by atoms with Gasteiger partial charge < -0.3 is 9.30 Å². The van der Waals surface area contributed by atoms with Crippen LogP contribution < -0.4 is 4.90 Å². The molecule has 0 aromatic carbocycles. The molecule has 2 aromatic heterocycles. The standard InChI is InChI=1S/C17H22BrN3/c18-12-15-17(19-16-9-3-4-10-20(15)16)21-11-5-8-14(21)13-6-1-2-7-13/h3-4,9-10,13-14H,1-2,5-8,11-12H2. The van der Waals surface area contributed by atoms with Gasteiger partial charge >= 0.3 is 0 Å². The number of rotatable bonds is 3. The van der Waals surface area contributed by atoms with Gasteiger partial charge in [0.15, 0.2) is 5.82 Å². The maximum absolute atomic E-state index is 4.95. The number of imidazole rings is 1. The number of pyridine rings is 1. The van der Waals surface area contributed by atoms with Gasteiger partial charge in [-0.25, -0.2) is 4.98 Å². The Bertz CT molecular complexity index is 630. The first-order valence-electron chi connectivity index (χ1n) is 8.17. The monoisotopic (exact) mass is 347 g/mol. The van der Waals surface area contributed by atoms with E-state index < -0.39 is 0 Å². The molecule has 1 unspecified atom stereocenters. The van der Waals surface area contributed by atoms with E-state index in [0.717, 1.165) is 22.9 Å². The molecule has 21 heavy (non-hydrogen) atoms. The molecular formula is C17H22BrN3. The molecule has 3 heterocycles. The number of fused-ring (bicyclic) bond motifs is 1. The van der Waals surface area contributed by atoms with Crippen molar-refractivity contribution in [3.63, 3.8) is 0 Å². The number of nitrogens with zero attached hydrogens (tertiary/aromatic N) is 3. The molecule has 1 atom stereocenters. The molecule has 2 fully saturated rings. The fourth-order valence-electron chi connectivity index (χ4n) is 4.28. The average molecular weight is 348 g/mol. The Morgan fingerprint density at radius 3 is 2.81 bits per heavy atom. The van der Waals surface area contributed by atoms with Crippen LogP contribution in [0.3, 0.4) is 0 Å². The first kappa shape index (κ1) is 13.6. The molecule has 0 N–H and O–H groups in total. The summed E-state index contributed by atoms with van der Waals surface area (Å²) >= 11 is 3.67. The lowest BCUT2D eigenvalue weighted by Gasteiger charge is -2.30. The van der Waals surface area contributed by atoms with E-state index in [1.165, 1.54) is 56.6 Å². The highest BCUT2D eigenvalue weighted by molar-refractivity contribution is 9.08. The van der Waals surface area contributed by atoms with Gasteiger partial charge in [-0.15, -0.1) is 0 Å². The molecular weight excluding hydrogens is 326 g/mol. The van der Waals surface area contributed by atoms with Crippen LogP contribution in [0.25, 0.3) is 5.65 Å². The summed E-state index contributed by atoms with van der Waals surface area (Å²) < 4.78 is 2.23. The van der Waals surface area contributed by atoms with Crippen LogP contribution in [0.15, 0.2) is 24.4 Å². The minimum absolute atomic E-state index is 0.718. The van der Waals surface area contributed by atoms with Gasteiger partial charge in [-0.2, -0.15) is 0 Å². The lowest BCUT2D eigenvalue weighted by Crippen LogP contribution is -2.35. The van der Waals surface area contributed by atoms with E-state index in [4.69, 9.17) is 4.98 Å². The largest absolute Gasteiger partial charge is 0.352 e. The highest BCUT2D eigenvalue weighted by Gasteiger charge is 2.35. The summed E-state index contributed by atoms with van der Waals surface area (Å²) in [5, 5.41) is 0.862. The molecule has 1 aliphatic heterocycles. The first-order chi connectivity index (χ1) is 10.4. The minimum atomic E-state index is 0.718. The van der Waals surface area contributed by atoms with Crippen LogP contribution in [0, 0.1) is 5.92 Å². The summed E-state index contributed by atoms with van der Waals surface area (Å²) in [4.78, 5) is 7.56. The van der Waals surface area contributed by atoms with E-state index in [0.29, 0.717) is 0 Å². The molecule has 0 bridgehead atoms. The highest BCUT2D eigenvalue weighted by Crippen LogP contribution is 2.39. The predicted octanol–water partition coefficient (Wildman–Crippen LogP) is 4.39. The molecule has 4 heteroatoms. The summed E-state index contributed by atoms with van der Waals surface area (Å²) in [6.45, 7) is 1.17. The first-order valence-corrected chi connectivity index (χ1v) is 9.29. The number of anilines is 1. The molecule has 1 saturated carbocycles. The molecule has 2 aromatic rings. The summed E-state index contributed by atoms with van der Waals surface area (Å²) in [6.07, 6.45) is 10.5. The van der Waals surface area contributed by atoms with Crippen molar-refractivity contribution in [2.24, 2.45) is 5.92 Å². The maximum Gasteiger partial charge on any atom is 0.152 e. The van der Waals surface area contributed by atoms with E-state index >= 15 is 0 Å². The molecule has 1 aliphatic carbocycles. The Labute approximate surface area is 134 Å². The Morgan fingerprint density at radius 1 is 1.14 bits per heavy atom. The zero-order valence-electron chi connectivity index (χ0n) is 12.3. The van der Waals surface area contributed by atoms with Crippen molar-refractivity contribution in [1.29, 1.82) is 0 Å². The van der Waals surface area contributed by atoms with Crippen LogP contribution in [0.1, 0.15) is 44.2 Å². The van der Waals surface area contributed by atoms with Crippen molar-refractivity contribution in [3.8, 4) is 0 Å². The van der Waals surface area contributed by atoms with Crippen LogP contribution in [-0.2, 0) is 5.33 Å². The van der Waals surface area contributed by atoms with E-state index in [1.54, 1.807) is 0 Å². The fourth-order valence-corrected chi connectivity index (χ4v) is 4.80. The van der Waals surface area contributed by atoms with Gasteiger partial charge in [0.1, 0.15) is 5.65 Å². The second kappa shape index (κ2) is 5.64. The maximum atomic E-state index is 4.95. The molecule has 4 rings (SSSR count). The van der Waals surface area contributed by atoms with Crippen LogP contribution in [0.5, 0.6) is 0 Å². The molecule has 2 aliphatic rings. The molecule has 0 amide bonds. The second-order valence-electron chi connectivity index (χ2n) is 6.39. The quantitative estimate of drug-likeness (QED) is 0.767. The van der Waals surface area contributed by atoms with E-state index in [9.17, 15) is 0 Å². The second-order valence-corrected chi connectivity index (χ2v) is 6.95. The van der Waals surface area contributed by atoms with Gasteiger partial charge in [-0.1, -0.05) is 34.8 Å². The van der Waals surface area contributed by atoms with Gasteiger partial charge in [-0.05, 0) is 43.7 Å². The van der Waals surface area contributed by atoms with E-state index in [1.807, 2.05) is 0 Å². The Kier molecular flexibility index (Phi) is 3.66. The zero-order valence-corrected chi connectivity index (χ0v) is 13.9. The molecule has 3 nitrogen and oxygen atoms in total. The van der Waals surface area contributed by atoms with E-state index in [2.05, 4.69) is 49.6 Å². The molecule has 0 spiro atoms. The van der Waals surface area contributed by atoms with Crippen LogP contribution in [0.2, 0.25) is 0 Å². The van der Waals surface area contributed by atoms with Crippen molar-refractivity contribution < 1.29 is 0 Å². The average Bonchev–Trinajstić information content (AvgIpc) is 3.24. The molecule has 0 radical (unpaired) electrons.